The summed E-state index contributed by atoms with van der Waals surface area (Å²) >= 11 is 0. The van der Waals surface area contributed by atoms with Crippen LogP contribution in [-0.4, -0.2) is 15.5 Å². The van der Waals surface area contributed by atoms with Crippen molar-refractivity contribution < 1.29 is 21.9 Å². The number of benzene rings is 2. The molecule has 1 unspecified atom stereocenters. The molecule has 4 nitrogen and oxygen atoms in total. The molecule has 2 aromatic rings. The van der Waals surface area contributed by atoms with Gasteiger partial charge in [0.1, 0.15) is 5.75 Å². The van der Waals surface area contributed by atoms with Gasteiger partial charge >= 0.3 is 0 Å². The number of methoxy groups -OCH3 is 1. The largest absolute Gasteiger partial charge is 0.497 e. The smallest absolute Gasteiger partial charge is 0.241 e. The summed E-state index contributed by atoms with van der Waals surface area (Å²) in [6.07, 6.45) is 0. The van der Waals surface area contributed by atoms with Crippen molar-refractivity contribution in [1.29, 1.82) is 0 Å². The third kappa shape index (κ3) is 3.61. The Balaban J connectivity index is 2.21. The molecular formula is C15H15F2NO3S. The van der Waals surface area contributed by atoms with E-state index in [0.717, 1.165) is 12.1 Å². The Morgan fingerprint density at radius 1 is 1.05 bits per heavy atom. The zero-order chi connectivity index (χ0) is 16.3. The molecule has 0 amide bonds. The van der Waals surface area contributed by atoms with E-state index in [1.807, 2.05) is 0 Å². The molecule has 0 fully saturated rings. The Labute approximate surface area is 127 Å². The Morgan fingerprint density at radius 3 is 2.23 bits per heavy atom. The zero-order valence-corrected chi connectivity index (χ0v) is 12.8. The maximum absolute atomic E-state index is 13.2. The van der Waals surface area contributed by atoms with Gasteiger partial charge in [0.2, 0.25) is 10.0 Å². The van der Waals surface area contributed by atoms with E-state index < -0.39 is 27.7 Å². The molecule has 22 heavy (non-hydrogen) atoms. The average molecular weight is 327 g/mol. The van der Waals surface area contributed by atoms with Crippen molar-refractivity contribution in [1.82, 2.24) is 4.72 Å². The van der Waals surface area contributed by atoms with Gasteiger partial charge in [0.25, 0.3) is 0 Å². The van der Waals surface area contributed by atoms with Crippen molar-refractivity contribution in [3.05, 3.63) is 59.7 Å². The Kier molecular flexibility index (Phi) is 4.77. The molecule has 0 spiro atoms. The van der Waals surface area contributed by atoms with Crippen molar-refractivity contribution >= 4 is 10.0 Å². The lowest BCUT2D eigenvalue weighted by Crippen LogP contribution is -2.27. The first-order valence-electron chi connectivity index (χ1n) is 6.45. The maximum Gasteiger partial charge on any atom is 0.241 e. The average Bonchev–Trinajstić information content (AvgIpc) is 2.49. The van der Waals surface area contributed by atoms with E-state index in [-0.39, 0.29) is 4.90 Å². The van der Waals surface area contributed by atoms with Crippen LogP contribution in [0.3, 0.4) is 0 Å². The first-order chi connectivity index (χ1) is 10.3. The number of nitrogens with one attached hydrogen (secondary N) is 1. The number of halogens is 2. The molecule has 0 aromatic heterocycles. The van der Waals surface area contributed by atoms with Crippen LogP contribution in [0.1, 0.15) is 18.5 Å². The van der Waals surface area contributed by atoms with Crippen molar-refractivity contribution in [2.75, 3.05) is 7.11 Å². The van der Waals surface area contributed by atoms with E-state index in [9.17, 15) is 17.2 Å². The predicted octanol–water partition coefficient (Wildman–Crippen LogP) is 3.01. The highest BCUT2D eigenvalue weighted by Gasteiger charge is 2.20. The number of rotatable bonds is 5. The van der Waals surface area contributed by atoms with Gasteiger partial charge in [-0.1, -0.05) is 12.1 Å². The minimum absolute atomic E-state index is 0.327. The van der Waals surface area contributed by atoms with Gasteiger partial charge in [0.05, 0.1) is 12.0 Å². The van der Waals surface area contributed by atoms with E-state index in [2.05, 4.69) is 4.72 Å². The van der Waals surface area contributed by atoms with Crippen LogP contribution < -0.4 is 9.46 Å². The Hall–Kier alpha value is -1.99. The zero-order valence-electron chi connectivity index (χ0n) is 12.0. The topological polar surface area (TPSA) is 55.4 Å². The first-order valence-corrected chi connectivity index (χ1v) is 7.93. The minimum Gasteiger partial charge on any atom is -0.497 e. The van der Waals surface area contributed by atoms with Crippen LogP contribution in [0.5, 0.6) is 5.75 Å². The third-order valence-corrected chi connectivity index (χ3v) is 4.69. The maximum atomic E-state index is 13.2. The number of hydrogen-bond donors (Lipinski definition) is 1. The molecule has 0 radical (unpaired) electrons. The van der Waals surface area contributed by atoms with Crippen LogP contribution in [-0.2, 0) is 10.0 Å². The normalized spacial score (nSPS) is 12.9. The molecule has 0 aliphatic rings. The summed E-state index contributed by atoms with van der Waals surface area (Å²) in [5.74, 6) is -1.65. The lowest BCUT2D eigenvalue weighted by Gasteiger charge is -2.15. The lowest BCUT2D eigenvalue weighted by molar-refractivity contribution is 0.414. The third-order valence-electron chi connectivity index (χ3n) is 3.15. The van der Waals surface area contributed by atoms with Crippen molar-refractivity contribution in [2.24, 2.45) is 0 Å². The number of hydrogen-bond acceptors (Lipinski definition) is 3. The fourth-order valence-electron chi connectivity index (χ4n) is 1.91. The SMILES string of the molecule is COc1ccc(C(C)NS(=O)(=O)c2ccc(F)c(F)c2)cc1. The number of sulfonamides is 1. The lowest BCUT2D eigenvalue weighted by atomic mass is 10.1. The summed E-state index contributed by atoms with van der Waals surface area (Å²) in [5.41, 5.74) is 0.715. The quantitative estimate of drug-likeness (QED) is 0.918. The Morgan fingerprint density at radius 2 is 1.68 bits per heavy atom. The summed E-state index contributed by atoms with van der Waals surface area (Å²) < 4.78 is 57.9. The fraction of sp³-hybridized carbons (Fsp3) is 0.200. The highest BCUT2D eigenvalue weighted by Crippen LogP contribution is 2.20. The summed E-state index contributed by atoms with van der Waals surface area (Å²) in [4.78, 5) is -0.327. The standard InChI is InChI=1S/C15H15F2NO3S/c1-10(11-3-5-12(21-2)6-4-11)18-22(19,20)13-7-8-14(16)15(17)9-13/h3-10,18H,1-2H3. The van der Waals surface area contributed by atoms with Crippen molar-refractivity contribution in [3.63, 3.8) is 0 Å². The molecule has 118 valence electrons. The minimum atomic E-state index is -3.95. The van der Waals surface area contributed by atoms with Crippen molar-refractivity contribution in [2.45, 2.75) is 17.9 Å². The summed E-state index contributed by atoms with van der Waals surface area (Å²) in [7, 11) is -2.42. The van der Waals surface area contributed by atoms with Gasteiger partial charge < -0.3 is 4.74 Å². The first kappa shape index (κ1) is 16.4. The summed E-state index contributed by atoms with van der Waals surface area (Å²) in [6, 6.07) is 8.76. The van der Waals surface area contributed by atoms with Crippen LogP contribution in [0, 0.1) is 11.6 Å². The molecule has 2 rings (SSSR count). The van der Waals surface area contributed by atoms with Crippen molar-refractivity contribution in [3.8, 4) is 5.75 Å². The predicted molar refractivity (Wildman–Crippen MR) is 78.1 cm³/mol. The molecule has 1 atom stereocenters. The van der Waals surface area contributed by atoms with Gasteiger partial charge in [-0.25, -0.2) is 21.9 Å². The van der Waals surface area contributed by atoms with Crippen LogP contribution in [0.25, 0.3) is 0 Å². The van der Waals surface area contributed by atoms with Gasteiger partial charge in [-0.3, -0.25) is 0 Å². The fourth-order valence-corrected chi connectivity index (χ4v) is 3.15. The molecule has 0 saturated carbocycles. The van der Waals surface area contributed by atoms with Gasteiger partial charge in [-0.2, -0.15) is 0 Å². The van der Waals surface area contributed by atoms with Crippen LogP contribution >= 0.6 is 0 Å². The van der Waals surface area contributed by atoms with Gasteiger partial charge in [0.15, 0.2) is 11.6 Å². The molecule has 0 heterocycles. The molecule has 1 N–H and O–H groups in total. The summed E-state index contributed by atoms with van der Waals surface area (Å²) in [6.45, 7) is 1.65. The van der Waals surface area contributed by atoms with Gasteiger partial charge in [0, 0.05) is 6.04 Å². The summed E-state index contributed by atoms with van der Waals surface area (Å²) in [5, 5.41) is 0. The molecule has 7 heteroatoms. The van der Waals surface area contributed by atoms with E-state index in [4.69, 9.17) is 4.74 Å². The van der Waals surface area contributed by atoms with Crippen LogP contribution in [0.15, 0.2) is 47.4 Å². The van der Waals surface area contributed by atoms with E-state index in [0.29, 0.717) is 17.4 Å². The van der Waals surface area contributed by atoms with E-state index in [1.54, 1.807) is 31.2 Å². The monoisotopic (exact) mass is 327 g/mol. The van der Waals surface area contributed by atoms with Crippen LogP contribution in [0.2, 0.25) is 0 Å². The van der Waals surface area contributed by atoms with Gasteiger partial charge in [-0.05, 0) is 42.8 Å². The Bertz CT molecular complexity index is 761. The second-order valence-electron chi connectivity index (χ2n) is 4.69. The molecule has 0 aliphatic heterocycles. The molecular weight excluding hydrogens is 312 g/mol. The van der Waals surface area contributed by atoms with E-state index >= 15 is 0 Å². The van der Waals surface area contributed by atoms with E-state index in [1.165, 1.54) is 7.11 Å². The second kappa shape index (κ2) is 6.41. The number of ether oxygens (including phenoxy) is 1. The highest BCUT2D eigenvalue weighted by atomic mass is 32.2. The highest BCUT2D eigenvalue weighted by molar-refractivity contribution is 7.89. The molecule has 0 bridgehead atoms. The molecule has 0 saturated heterocycles. The van der Waals surface area contributed by atoms with Crippen LogP contribution in [0.4, 0.5) is 8.78 Å². The second-order valence-corrected chi connectivity index (χ2v) is 6.41. The molecule has 2 aromatic carbocycles. The van der Waals surface area contributed by atoms with Gasteiger partial charge in [-0.15, -0.1) is 0 Å². The molecule has 0 aliphatic carbocycles.